The van der Waals surface area contributed by atoms with E-state index in [1.807, 2.05) is 35.8 Å². The number of aromatic nitrogens is 2. The second kappa shape index (κ2) is 12.0. The van der Waals surface area contributed by atoms with Crippen LogP contribution in [0.4, 0.5) is 15.9 Å². The highest BCUT2D eigenvalue weighted by Crippen LogP contribution is 2.45. The minimum atomic E-state index is -3.10. The van der Waals surface area contributed by atoms with Crippen LogP contribution in [0.1, 0.15) is 18.2 Å². The Balaban J connectivity index is 1.63. The predicted octanol–water partition coefficient (Wildman–Crippen LogP) is 4.46. The fourth-order valence-electron chi connectivity index (χ4n) is 2.86. The van der Waals surface area contributed by atoms with Crippen molar-refractivity contribution in [3.63, 3.8) is 0 Å². The van der Waals surface area contributed by atoms with E-state index in [0.29, 0.717) is 25.4 Å². The third kappa shape index (κ3) is 7.18. The first-order chi connectivity index (χ1) is 15.9. The first-order valence-corrected chi connectivity index (χ1v) is 12.6. The fraction of sp³-hybridized carbons (Fsp3) is 0.250. The summed E-state index contributed by atoms with van der Waals surface area (Å²) < 4.78 is 37.1. The number of hydrogen-bond acceptors (Lipinski definition) is 8. The number of nitrogens with one attached hydrogen (secondary N) is 3. The van der Waals surface area contributed by atoms with Crippen molar-refractivity contribution in [1.82, 2.24) is 20.9 Å². The van der Waals surface area contributed by atoms with Crippen molar-refractivity contribution in [2.75, 3.05) is 25.0 Å². The van der Waals surface area contributed by atoms with E-state index in [1.165, 1.54) is 18.2 Å². The van der Waals surface area contributed by atoms with Gasteiger partial charge in [0.1, 0.15) is 5.82 Å². The second-order valence-electron chi connectivity index (χ2n) is 6.70. The normalized spacial score (nSPS) is 13.5. The largest absolute Gasteiger partial charge is 0.364 e. The Kier molecular flexibility index (Phi) is 9.10. The van der Waals surface area contributed by atoms with E-state index in [9.17, 15) is 14.2 Å². The molecule has 1 atom stereocenters. The minimum absolute atomic E-state index is 0.0608. The Morgan fingerprint density at radius 2 is 2.03 bits per heavy atom. The number of aliphatic imine (C=N–C) groups is 1. The van der Waals surface area contributed by atoms with Crippen LogP contribution in [0.2, 0.25) is 0 Å². The number of hydroxylamine groups is 1. The van der Waals surface area contributed by atoms with Gasteiger partial charge in [-0.3, -0.25) is 15.3 Å². The monoisotopic (exact) mass is 540 g/mol. The highest BCUT2D eigenvalue weighted by Gasteiger charge is 2.23. The Labute approximate surface area is 198 Å². The molecule has 2 aromatic carbocycles. The average molecular weight is 541 g/mol. The molecule has 0 bridgehead atoms. The summed E-state index contributed by atoms with van der Waals surface area (Å²) in [6.45, 7) is 2.69. The van der Waals surface area contributed by atoms with Gasteiger partial charge in [-0.2, -0.15) is 0 Å². The van der Waals surface area contributed by atoms with Crippen molar-refractivity contribution in [2.45, 2.75) is 13.1 Å². The molecule has 3 aromatic rings. The van der Waals surface area contributed by atoms with Gasteiger partial charge >= 0.3 is 0 Å². The van der Waals surface area contributed by atoms with Crippen molar-refractivity contribution < 1.29 is 23.3 Å². The van der Waals surface area contributed by atoms with Crippen molar-refractivity contribution >= 4 is 40.8 Å². The maximum atomic E-state index is 13.4. The lowest BCUT2D eigenvalue weighted by Gasteiger charge is -2.19. The van der Waals surface area contributed by atoms with E-state index in [-0.39, 0.29) is 28.0 Å². The van der Waals surface area contributed by atoms with Gasteiger partial charge in [0.25, 0.3) is 7.52 Å². The van der Waals surface area contributed by atoms with Crippen LogP contribution in [0, 0.1) is 5.82 Å². The molecule has 0 saturated carbocycles. The Morgan fingerprint density at radius 3 is 2.73 bits per heavy atom. The lowest BCUT2D eigenvalue weighted by Crippen LogP contribution is -2.25. The zero-order valence-corrected chi connectivity index (χ0v) is 20.1. The molecule has 176 valence electrons. The Hall–Kier alpha value is -2.63. The number of amidine groups is 1. The lowest BCUT2D eigenvalue weighted by molar-refractivity contribution is 0.234. The molecule has 0 fully saturated rings. The molecule has 0 spiro atoms. The zero-order valence-electron chi connectivity index (χ0n) is 17.7. The number of nitrogens with zero attached hydrogens (tertiary/aromatic N) is 3. The van der Waals surface area contributed by atoms with Gasteiger partial charge in [-0.15, -0.1) is 0 Å². The molecule has 10 nitrogen and oxygen atoms in total. The van der Waals surface area contributed by atoms with Crippen LogP contribution in [-0.4, -0.2) is 41.1 Å². The van der Waals surface area contributed by atoms with Crippen molar-refractivity contribution in [2.24, 2.45) is 4.99 Å². The van der Waals surface area contributed by atoms with Gasteiger partial charge in [-0.1, -0.05) is 30.3 Å². The van der Waals surface area contributed by atoms with Gasteiger partial charge < -0.3 is 9.84 Å². The zero-order chi connectivity index (χ0) is 23.7. The van der Waals surface area contributed by atoms with Crippen LogP contribution in [-0.2, 0) is 15.3 Å². The van der Waals surface area contributed by atoms with E-state index in [1.54, 1.807) is 6.92 Å². The summed E-state index contributed by atoms with van der Waals surface area (Å²) in [5, 5.41) is 23.0. The molecule has 33 heavy (non-hydrogen) atoms. The molecule has 1 heterocycles. The first-order valence-electron chi connectivity index (χ1n) is 9.97. The van der Waals surface area contributed by atoms with Gasteiger partial charge in [0.2, 0.25) is 5.82 Å². The standard InChI is InChI=1S/C20H23BrFN6O4P/c1-2-31-33(30,13-14-6-4-3-5-7-14)24-11-10-23-19-18(27-32-28-19)20(26-29)25-15-8-9-17(22)16(21)12-15/h3-9,12,29H,2,10-11,13H2,1H3,(H,23,28)(H,24,30)(H,25,26). The van der Waals surface area contributed by atoms with Gasteiger partial charge in [-0.05, 0) is 56.9 Å². The summed E-state index contributed by atoms with van der Waals surface area (Å²) in [7, 11) is -3.10. The molecule has 0 aliphatic carbocycles. The third-order valence-corrected chi connectivity index (χ3v) is 7.07. The number of anilines is 1. The highest BCUT2D eigenvalue weighted by molar-refractivity contribution is 9.10. The molecule has 0 aliphatic rings. The van der Waals surface area contributed by atoms with E-state index in [0.717, 1.165) is 5.56 Å². The van der Waals surface area contributed by atoms with E-state index >= 15 is 0 Å². The van der Waals surface area contributed by atoms with Crippen LogP contribution in [0.5, 0.6) is 0 Å². The van der Waals surface area contributed by atoms with Gasteiger partial charge in [0.05, 0.1) is 22.9 Å². The highest BCUT2D eigenvalue weighted by atomic mass is 79.9. The fourth-order valence-corrected chi connectivity index (χ4v) is 5.08. The van der Waals surface area contributed by atoms with Crippen molar-refractivity contribution in [3.8, 4) is 0 Å². The minimum Gasteiger partial charge on any atom is -0.364 e. The molecule has 1 aromatic heterocycles. The average Bonchev–Trinajstić information content (AvgIpc) is 3.26. The summed E-state index contributed by atoms with van der Waals surface area (Å²) in [6, 6.07) is 13.5. The van der Waals surface area contributed by atoms with Crippen LogP contribution in [0.15, 0.2) is 62.6 Å². The molecule has 0 amide bonds. The lowest BCUT2D eigenvalue weighted by atomic mass is 10.2. The van der Waals surface area contributed by atoms with Crippen LogP contribution in [0.25, 0.3) is 0 Å². The summed E-state index contributed by atoms with van der Waals surface area (Å²) in [6.07, 6.45) is 0.261. The summed E-state index contributed by atoms with van der Waals surface area (Å²) in [5.41, 5.74) is 3.31. The number of benzene rings is 2. The molecule has 0 aliphatic heterocycles. The molecule has 4 N–H and O–H groups in total. The van der Waals surface area contributed by atoms with Crippen LogP contribution < -0.4 is 15.9 Å². The van der Waals surface area contributed by atoms with Gasteiger partial charge in [0, 0.05) is 13.1 Å². The number of rotatable bonds is 11. The van der Waals surface area contributed by atoms with Crippen LogP contribution >= 0.6 is 23.4 Å². The van der Waals surface area contributed by atoms with Crippen molar-refractivity contribution in [1.29, 1.82) is 0 Å². The molecule has 0 radical (unpaired) electrons. The Bertz CT molecular complexity index is 1130. The molecule has 1 unspecified atom stereocenters. The first kappa shape index (κ1) is 25.0. The quantitative estimate of drug-likeness (QED) is 0.0913. The van der Waals surface area contributed by atoms with E-state index < -0.39 is 13.3 Å². The molecule has 3 rings (SSSR count). The second-order valence-corrected chi connectivity index (χ2v) is 9.79. The Morgan fingerprint density at radius 1 is 1.24 bits per heavy atom. The smallest absolute Gasteiger partial charge is 0.274 e. The molecule has 0 saturated heterocycles. The summed E-state index contributed by atoms with van der Waals surface area (Å²) >= 11 is 3.08. The molecular formula is C20H23BrFN6O4P. The van der Waals surface area contributed by atoms with E-state index in [4.69, 9.17) is 9.15 Å². The van der Waals surface area contributed by atoms with Crippen LogP contribution in [0.3, 0.4) is 0 Å². The predicted molar refractivity (Wildman–Crippen MR) is 125 cm³/mol. The maximum absolute atomic E-state index is 13.4. The SMILES string of the molecule is CCOP(=O)(Cc1ccccc1)NCCNc1nonc1C(=Nc1ccc(F)c(Br)c1)NO. The molecule has 13 heteroatoms. The summed E-state index contributed by atoms with van der Waals surface area (Å²) in [4.78, 5) is 4.20. The maximum Gasteiger partial charge on any atom is 0.274 e. The number of halogens is 2. The van der Waals surface area contributed by atoms with Gasteiger partial charge in [-0.25, -0.2) is 19.1 Å². The topological polar surface area (TPSA) is 134 Å². The van der Waals surface area contributed by atoms with Crippen molar-refractivity contribution in [3.05, 3.63) is 70.1 Å². The third-order valence-electron chi connectivity index (χ3n) is 4.30. The number of hydrogen-bond donors (Lipinski definition) is 4. The van der Waals surface area contributed by atoms with Gasteiger partial charge in [0.15, 0.2) is 11.5 Å². The summed E-state index contributed by atoms with van der Waals surface area (Å²) in [5.74, 6) is -0.302. The molecular weight excluding hydrogens is 518 g/mol. The van der Waals surface area contributed by atoms with E-state index in [2.05, 4.69) is 41.6 Å².